The van der Waals surface area contributed by atoms with Crippen LogP contribution in [-0.4, -0.2) is 25.8 Å². The topological polar surface area (TPSA) is 61.2 Å². The fourth-order valence-electron chi connectivity index (χ4n) is 2.17. The molecule has 0 saturated carbocycles. The molecule has 0 heterocycles. The number of rotatable bonds is 9. The normalized spacial score (nSPS) is 11.5. The van der Waals surface area contributed by atoms with Crippen LogP contribution in [0.1, 0.15) is 44.2 Å². The molecule has 0 bridgehead atoms. The number of unbranched alkanes of at least 4 members (excludes halogenated alkanes) is 2. The molecule has 0 aliphatic rings. The first-order chi connectivity index (χ1) is 10.0. The molecule has 1 rings (SSSR count). The van der Waals surface area contributed by atoms with Crippen molar-refractivity contribution in [2.24, 2.45) is 0 Å². The van der Waals surface area contributed by atoms with E-state index in [2.05, 4.69) is 6.92 Å². The van der Waals surface area contributed by atoms with Gasteiger partial charge in [-0.05, 0) is 24.0 Å². The van der Waals surface area contributed by atoms with Crippen LogP contribution in [0.3, 0.4) is 0 Å². The van der Waals surface area contributed by atoms with Crippen LogP contribution in [0.25, 0.3) is 0 Å². The zero-order valence-electron chi connectivity index (χ0n) is 12.9. The van der Waals surface area contributed by atoms with Gasteiger partial charge in [-0.15, -0.1) is 0 Å². The summed E-state index contributed by atoms with van der Waals surface area (Å²) >= 11 is 0. The molecule has 0 saturated heterocycles. The van der Waals surface area contributed by atoms with E-state index in [0.717, 1.165) is 36.8 Å². The molecule has 5 heteroatoms. The van der Waals surface area contributed by atoms with Crippen molar-refractivity contribution in [1.82, 2.24) is 4.31 Å². The molecule has 0 atom stereocenters. The highest BCUT2D eigenvalue weighted by molar-refractivity contribution is 7.88. The van der Waals surface area contributed by atoms with Crippen molar-refractivity contribution in [3.05, 3.63) is 35.4 Å². The van der Waals surface area contributed by atoms with Gasteiger partial charge in [-0.1, -0.05) is 51.0 Å². The number of nitrogens with zero attached hydrogens (tertiary/aromatic N) is 2. The van der Waals surface area contributed by atoms with Gasteiger partial charge in [-0.2, -0.15) is 9.57 Å². The molecular formula is C16H24N2O2S. The zero-order chi connectivity index (χ0) is 15.7. The van der Waals surface area contributed by atoms with Crippen LogP contribution in [0.4, 0.5) is 0 Å². The molecule has 0 radical (unpaired) electrons. The van der Waals surface area contributed by atoms with Crippen LogP contribution < -0.4 is 0 Å². The third kappa shape index (κ3) is 5.86. The Kier molecular flexibility index (Phi) is 7.41. The Labute approximate surface area is 128 Å². The number of benzene rings is 1. The highest BCUT2D eigenvalue weighted by atomic mass is 32.2. The molecule has 21 heavy (non-hydrogen) atoms. The van der Waals surface area contributed by atoms with Gasteiger partial charge in [0.1, 0.15) is 6.54 Å². The summed E-state index contributed by atoms with van der Waals surface area (Å²) in [6.07, 6.45) is 3.68. The van der Waals surface area contributed by atoms with Crippen LogP contribution in [0, 0.1) is 11.3 Å². The molecule has 0 aliphatic heterocycles. The summed E-state index contributed by atoms with van der Waals surface area (Å²) in [5, 5.41) is 8.85. The number of hydrogen-bond donors (Lipinski definition) is 0. The number of hydrogen-bond acceptors (Lipinski definition) is 3. The number of nitriles is 1. The van der Waals surface area contributed by atoms with Crippen LogP contribution >= 0.6 is 0 Å². The Hall–Kier alpha value is -1.38. The Balaban J connectivity index is 2.82. The quantitative estimate of drug-likeness (QED) is 0.520. The van der Waals surface area contributed by atoms with Crippen molar-refractivity contribution in [2.45, 2.75) is 45.3 Å². The molecule has 0 amide bonds. The first kappa shape index (κ1) is 17.7. The van der Waals surface area contributed by atoms with E-state index in [1.54, 1.807) is 0 Å². The minimum atomic E-state index is -3.43. The van der Waals surface area contributed by atoms with Crippen molar-refractivity contribution < 1.29 is 8.42 Å². The van der Waals surface area contributed by atoms with E-state index >= 15 is 0 Å². The monoisotopic (exact) mass is 308 g/mol. The number of aryl methyl sites for hydroxylation is 1. The Morgan fingerprint density at radius 1 is 1.19 bits per heavy atom. The van der Waals surface area contributed by atoms with Gasteiger partial charge in [0.15, 0.2) is 0 Å². The van der Waals surface area contributed by atoms with Gasteiger partial charge in [-0.25, -0.2) is 8.42 Å². The second-order valence-corrected chi connectivity index (χ2v) is 7.10. The highest BCUT2D eigenvalue weighted by Gasteiger charge is 2.21. The lowest BCUT2D eigenvalue weighted by molar-refractivity contribution is 0.430. The molecular weight excluding hydrogens is 284 g/mol. The average molecular weight is 308 g/mol. The highest BCUT2D eigenvalue weighted by Crippen LogP contribution is 2.14. The molecule has 1 aromatic carbocycles. The number of sulfonamides is 1. The second-order valence-electron chi connectivity index (χ2n) is 5.13. The van der Waals surface area contributed by atoms with E-state index in [1.807, 2.05) is 37.3 Å². The Morgan fingerprint density at radius 3 is 2.52 bits per heavy atom. The van der Waals surface area contributed by atoms with E-state index in [0.29, 0.717) is 6.54 Å². The smallest absolute Gasteiger partial charge is 0.212 e. The summed E-state index contributed by atoms with van der Waals surface area (Å²) in [5.74, 6) is -0.0331. The lowest BCUT2D eigenvalue weighted by Gasteiger charge is -2.19. The summed E-state index contributed by atoms with van der Waals surface area (Å²) in [4.78, 5) is 0. The molecule has 0 unspecified atom stereocenters. The maximum Gasteiger partial charge on any atom is 0.219 e. The molecule has 0 fully saturated rings. The molecule has 116 valence electrons. The Bertz CT molecular complexity index is 576. The van der Waals surface area contributed by atoms with Gasteiger partial charge in [0.25, 0.3) is 0 Å². The van der Waals surface area contributed by atoms with Gasteiger partial charge in [0, 0.05) is 6.54 Å². The van der Waals surface area contributed by atoms with E-state index < -0.39 is 10.0 Å². The van der Waals surface area contributed by atoms with Crippen molar-refractivity contribution >= 4 is 10.0 Å². The van der Waals surface area contributed by atoms with E-state index in [9.17, 15) is 8.42 Å². The molecule has 0 aromatic heterocycles. The molecule has 1 aromatic rings. The van der Waals surface area contributed by atoms with Crippen molar-refractivity contribution in [3.63, 3.8) is 0 Å². The molecule has 4 nitrogen and oxygen atoms in total. The third-order valence-corrected chi connectivity index (χ3v) is 5.20. The molecule has 0 aliphatic carbocycles. The van der Waals surface area contributed by atoms with E-state index in [4.69, 9.17) is 5.26 Å². The Morgan fingerprint density at radius 2 is 1.90 bits per heavy atom. The first-order valence-corrected chi connectivity index (χ1v) is 9.07. The minimum Gasteiger partial charge on any atom is -0.212 e. The van der Waals surface area contributed by atoms with Crippen molar-refractivity contribution in [1.29, 1.82) is 5.26 Å². The SMILES string of the molecule is CCCCCN(CC#N)S(=O)(=O)Cc1cccc(CC)c1. The predicted octanol–water partition coefficient (Wildman–Crippen LogP) is 3.09. The zero-order valence-corrected chi connectivity index (χ0v) is 13.7. The van der Waals surface area contributed by atoms with Crippen LogP contribution in [-0.2, 0) is 22.2 Å². The van der Waals surface area contributed by atoms with Gasteiger partial charge in [0.05, 0.1) is 11.8 Å². The molecule has 0 spiro atoms. The predicted molar refractivity (Wildman–Crippen MR) is 85.2 cm³/mol. The van der Waals surface area contributed by atoms with Crippen LogP contribution in [0.2, 0.25) is 0 Å². The van der Waals surface area contributed by atoms with Gasteiger partial charge in [0.2, 0.25) is 10.0 Å². The second kappa shape index (κ2) is 8.81. The van der Waals surface area contributed by atoms with Gasteiger partial charge in [-0.3, -0.25) is 0 Å². The van der Waals surface area contributed by atoms with Crippen LogP contribution in [0.15, 0.2) is 24.3 Å². The van der Waals surface area contributed by atoms with Crippen LogP contribution in [0.5, 0.6) is 0 Å². The standard InChI is InChI=1S/C16H24N2O2S/c1-3-5-6-11-18(12-10-17)21(19,20)14-16-9-7-8-15(4-2)13-16/h7-9,13H,3-6,11-12,14H2,1-2H3. The fourth-order valence-corrected chi connectivity index (χ4v) is 3.62. The summed E-state index contributed by atoms with van der Waals surface area (Å²) in [6.45, 7) is 4.47. The minimum absolute atomic E-state index is 0.0331. The fraction of sp³-hybridized carbons (Fsp3) is 0.562. The summed E-state index contributed by atoms with van der Waals surface area (Å²) in [7, 11) is -3.43. The van der Waals surface area contributed by atoms with Gasteiger partial charge < -0.3 is 0 Å². The largest absolute Gasteiger partial charge is 0.219 e. The first-order valence-electron chi connectivity index (χ1n) is 7.46. The maximum atomic E-state index is 12.5. The average Bonchev–Trinajstić information content (AvgIpc) is 2.46. The lowest BCUT2D eigenvalue weighted by atomic mass is 10.1. The summed E-state index contributed by atoms with van der Waals surface area (Å²) < 4.78 is 26.2. The van der Waals surface area contributed by atoms with Crippen molar-refractivity contribution in [3.8, 4) is 6.07 Å². The van der Waals surface area contributed by atoms with Gasteiger partial charge >= 0.3 is 0 Å². The van der Waals surface area contributed by atoms with Crippen molar-refractivity contribution in [2.75, 3.05) is 13.1 Å². The third-order valence-electron chi connectivity index (χ3n) is 3.40. The van der Waals surface area contributed by atoms with E-state index in [-0.39, 0.29) is 12.3 Å². The lowest BCUT2D eigenvalue weighted by Crippen LogP contribution is -2.33. The molecule has 0 N–H and O–H groups in total. The summed E-state index contributed by atoms with van der Waals surface area (Å²) in [6, 6.07) is 9.58. The maximum absolute atomic E-state index is 12.5. The van der Waals surface area contributed by atoms with E-state index in [1.165, 1.54) is 4.31 Å². The summed E-state index contributed by atoms with van der Waals surface area (Å²) in [5.41, 5.74) is 1.91.